The molecule has 0 spiro atoms. The number of halogens is 3. The van der Waals surface area contributed by atoms with Crippen molar-refractivity contribution in [3.05, 3.63) is 59.8 Å². The van der Waals surface area contributed by atoms with Crippen molar-refractivity contribution >= 4 is 23.7 Å². The van der Waals surface area contributed by atoms with Crippen LogP contribution in [0.4, 0.5) is 19.0 Å². The van der Waals surface area contributed by atoms with Crippen LogP contribution < -0.4 is 5.32 Å². The Balaban J connectivity index is 0.000000412. The molecule has 2 rings (SSSR count). The van der Waals surface area contributed by atoms with E-state index in [1.165, 1.54) is 24.4 Å². The van der Waals surface area contributed by atoms with Crippen LogP contribution in [0.15, 0.2) is 48.7 Å². The Morgan fingerprint density at radius 3 is 2.00 bits per heavy atom. The molecule has 7 nitrogen and oxygen atoms in total. The molecule has 0 saturated carbocycles. The molecular weight excluding hydrogens is 357 g/mol. The number of anilines is 1. The van der Waals surface area contributed by atoms with Gasteiger partial charge < -0.3 is 15.5 Å². The molecule has 0 aliphatic carbocycles. The molecule has 0 aliphatic heterocycles. The monoisotopic (exact) mass is 370 g/mol. The minimum absolute atomic E-state index is 0.199. The predicted molar refractivity (Wildman–Crippen MR) is 83.5 cm³/mol. The molecule has 0 bridgehead atoms. The molecule has 0 unspecified atom stereocenters. The maximum atomic E-state index is 12.8. The molecule has 1 heterocycles. The average molecular weight is 370 g/mol. The third-order valence-electron chi connectivity index (χ3n) is 2.69. The molecule has 10 heteroatoms. The minimum Gasteiger partial charge on any atom is -0.481 e. The van der Waals surface area contributed by atoms with Crippen molar-refractivity contribution in [2.24, 2.45) is 0 Å². The first-order valence-electron chi connectivity index (χ1n) is 6.93. The summed E-state index contributed by atoms with van der Waals surface area (Å²) in [6.07, 6.45) is -3.94. The highest BCUT2D eigenvalue weighted by Gasteiger charge is 2.34. The number of nitrogens with one attached hydrogen (secondary N) is 1. The summed E-state index contributed by atoms with van der Waals surface area (Å²) in [7, 11) is 0. The van der Waals surface area contributed by atoms with Gasteiger partial charge >= 0.3 is 18.1 Å². The zero-order valence-corrected chi connectivity index (χ0v) is 13.0. The second-order valence-electron chi connectivity index (χ2n) is 4.68. The molecule has 2 aromatic rings. The number of carboxylic acids is 2. The first kappa shape index (κ1) is 20.6. The first-order chi connectivity index (χ1) is 12.1. The molecule has 0 saturated heterocycles. The molecule has 26 heavy (non-hydrogen) atoms. The highest BCUT2D eigenvalue weighted by molar-refractivity contribution is 6.04. The van der Waals surface area contributed by atoms with Crippen LogP contribution in [0.1, 0.15) is 22.3 Å². The Morgan fingerprint density at radius 1 is 0.962 bits per heavy atom. The number of amides is 1. The topological polar surface area (TPSA) is 117 Å². The molecule has 1 aromatic carbocycles. The summed E-state index contributed by atoms with van der Waals surface area (Å²) >= 11 is 0. The average Bonchev–Trinajstić information content (AvgIpc) is 2.54. The van der Waals surface area contributed by atoms with E-state index in [4.69, 9.17) is 10.2 Å². The highest BCUT2D eigenvalue weighted by atomic mass is 19.4. The van der Waals surface area contributed by atoms with Gasteiger partial charge in [0.2, 0.25) is 0 Å². The number of aromatic nitrogens is 1. The molecule has 0 atom stereocenters. The number of hydrogen-bond acceptors (Lipinski definition) is 4. The van der Waals surface area contributed by atoms with Gasteiger partial charge in [-0.3, -0.25) is 14.4 Å². The van der Waals surface area contributed by atoms with Gasteiger partial charge in [0.15, 0.2) is 0 Å². The van der Waals surface area contributed by atoms with Crippen LogP contribution >= 0.6 is 0 Å². The van der Waals surface area contributed by atoms with Crippen LogP contribution in [0.3, 0.4) is 0 Å². The number of carbonyl (C=O) groups is 3. The second-order valence-corrected chi connectivity index (χ2v) is 4.68. The van der Waals surface area contributed by atoms with E-state index < -0.39 is 41.6 Å². The van der Waals surface area contributed by atoms with Crippen molar-refractivity contribution in [2.45, 2.75) is 12.6 Å². The number of hydrogen-bond donors (Lipinski definition) is 3. The summed E-state index contributed by atoms with van der Waals surface area (Å²) in [5.41, 5.74) is -1.40. The van der Waals surface area contributed by atoms with Crippen molar-refractivity contribution in [3.63, 3.8) is 0 Å². The number of aliphatic carboxylic acids is 2. The number of rotatable bonds is 4. The van der Waals surface area contributed by atoms with Gasteiger partial charge in [-0.2, -0.15) is 13.2 Å². The van der Waals surface area contributed by atoms with Gasteiger partial charge in [-0.25, -0.2) is 4.98 Å². The number of nitrogens with zero attached hydrogens (tertiary/aromatic N) is 1. The van der Waals surface area contributed by atoms with E-state index in [1.54, 1.807) is 12.1 Å². The van der Waals surface area contributed by atoms with E-state index >= 15 is 0 Å². The number of benzene rings is 1. The standard InChI is InChI=1S/C13H9F3N2O.C3H4O4/c14-13(15,16)10-6-2-1-5-9(10)12(19)18-11-7-3-4-8-17-11;4-2(5)1-3(6)7/h1-8H,(H,17,18,19);1H2,(H,4,5)(H,6,7). The molecule has 0 radical (unpaired) electrons. The Morgan fingerprint density at radius 2 is 1.54 bits per heavy atom. The van der Waals surface area contributed by atoms with Gasteiger partial charge in [0.05, 0.1) is 11.1 Å². The van der Waals surface area contributed by atoms with Crippen LogP contribution in [-0.2, 0) is 15.8 Å². The molecule has 0 aliphatic rings. The predicted octanol–water partition coefficient (Wildman–Crippen LogP) is 2.90. The van der Waals surface area contributed by atoms with E-state index in [2.05, 4.69) is 10.3 Å². The largest absolute Gasteiger partial charge is 0.481 e. The number of pyridine rings is 1. The van der Waals surface area contributed by atoms with Crippen LogP contribution in [0, 0.1) is 0 Å². The molecule has 138 valence electrons. The van der Waals surface area contributed by atoms with Crippen molar-refractivity contribution in [1.29, 1.82) is 0 Å². The van der Waals surface area contributed by atoms with E-state index in [1.807, 2.05) is 0 Å². The summed E-state index contributed by atoms with van der Waals surface area (Å²) in [4.78, 5) is 34.5. The van der Waals surface area contributed by atoms with Crippen molar-refractivity contribution in [3.8, 4) is 0 Å². The fourth-order valence-corrected chi connectivity index (χ4v) is 1.68. The third-order valence-corrected chi connectivity index (χ3v) is 2.69. The van der Waals surface area contributed by atoms with Crippen LogP contribution in [-0.4, -0.2) is 33.0 Å². The van der Waals surface area contributed by atoms with Gasteiger partial charge in [0.1, 0.15) is 12.2 Å². The Labute approximate surface area is 145 Å². The number of alkyl halides is 3. The van der Waals surface area contributed by atoms with Crippen LogP contribution in [0.2, 0.25) is 0 Å². The molecule has 0 fully saturated rings. The summed E-state index contributed by atoms with van der Waals surface area (Å²) < 4.78 is 38.3. The third kappa shape index (κ3) is 6.99. The Bertz CT molecular complexity index is 767. The second kappa shape index (κ2) is 9.16. The van der Waals surface area contributed by atoms with Gasteiger partial charge in [0, 0.05) is 6.20 Å². The molecule has 1 amide bonds. The maximum Gasteiger partial charge on any atom is 0.417 e. The quantitative estimate of drug-likeness (QED) is 0.713. The van der Waals surface area contributed by atoms with Gasteiger partial charge in [-0.15, -0.1) is 0 Å². The number of carboxylic acid groups (broad SMARTS) is 2. The highest BCUT2D eigenvalue weighted by Crippen LogP contribution is 2.32. The smallest absolute Gasteiger partial charge is 0.417 e. The van der Waals surface area contributed by atoms with Crippen molar-refractivity contribution in [2.75, 3.05) is 5.32 Å². The Kier molecular flexibility index (Phi) is 7.26. The van der Waals surface area contributed by atoms with E-state index in [0.29, 0.717) is 0 Å². The van der Waals surface area contributed by atoms with E-state index in [-0.39, 0.29) is 5.82 Å². The SMILES string of the molecule is O=C(Nc1ccccn1)c1ccccc1C(F)(F)F.O=C(O)CC(=O)O. The molecule has 3 N–H and O–H groups in total. The first-order valence-corrected chi connectivity index (χ1v) is 6.93. The lowest BCUT2D eigenvalue weighted by atomic mass is 10.1. The lowest BCUT2D eigenvalue weighted by Crippen LogP contribution is -2.19. The summed E-state index contributed by atoms with van der Waals surface area (Å²) in [5, 5.41) is 17.7. The van der Waals surface area contributed by atoms with Gasteiger partial charge in [-0.1, -0.05) is 18.2 Å². The molecular formula is C16H13F3N2O5. The van der Waals surface area contributed by atoms with Gasteiger partial charge in [-0.05, 0) is 24.3 Å². The summed E-state index contributed by atoms with van der Waals surface area (Å²) in [6.45, 7) is 0. The van der Waals surface area contributed by atoms with Crippen LogP contribution in [0.5, 0.6) is 0 Å². The summed E-state index contributed by atoms with van der Waals surface area (Å²) in [5.74, 6) is -3.27. The number of carbonyl (C=O) groups excluding carboxylic acids is 1. The van der Waals surface area contributed by atoms with E-state index in [0.717, 1.165) is 12.1 Å². The lowest BCUT2D eigenvalue weighted by Gasteiger charge is -2.12. The zero-order chi connectivity index (χ0) is 19.7. The maximum absolute atomic E-state index is 12.8. The van der Waals surface area contributed by atoms with Crippen molar-refractivity contribution < 1.29 is 37.8 Å². The normalized spacial score (nSPS) is 10.3. The van der Waals surface area contributed by atoms with Gasteiger partial charge in [0.25, 0.3) is 5.91 Å². The van der Waals surface area contributed by atoms with E-state index in [9.17, 15) is 27.6 Å². The molecule has 1 aromatic heterocycles. The van der Waals surface area contributed by atoms with Crippen molar-refractivity contribution in [1.82, 2.24) is 4.98 Å². The fraction of sp³-hybridized carbons (Fsp3) is 0.125. The summed E-state index contributed by atoms with van der Waals surface area (Å²) in [6, 6.07) is 9.36. The lowest BCUT2D eigenvalue weighted by molar-refractivity contribution is -0.147. The van der Waals surface area contributed by atoms with Crippen LogP contribution in [0.25, 0.3) is 0 Å². The zero-order valence-electron chi connectivity index (χ0n) is 13.0. The Hall–Kier alpha value is -3.43. The fourth-order valence-electron chi connectivity index (χ4n) is 1.68. The minimum atomic E-state index is -4.57.